The molecule has 336 valence electrons. The molecular formula is C32H56N4O22. The summed E-state index contributed by atoms with van der Waals surface area (Å²) in [5, 5.41) is 118. The van der Waals surface area contributed by atoms with E-state index in [9.17, 15) is 70.6 Å². The van der Waals surface area contributed by atoms with Gasteiger partial charge in [0, 0.05) is 20.0 Å². The van der Waals surface area contributed by atoms with Crippen molar-refractivity contribution in [2.45, 2.75) is 155 Å². The molecule has 26 heteroatoms. The average Bonchev–Trinajstić information content (AvgIpc) is 3.20. The molecule has 4 saturated heterocycles. The number of aliphatic hydroxyl groups excluding tert-OH is 11. The summed E-state index contributed by atoms with van der Waals surface area (Å²) in [6.45, 7) is -1.01. The minimum absolute atomic E-state index is 0.0250. The summed E-state index contributed by atoms with van der Waals surface area (Å²) in [5.41, 5.74) is 6.07. The lowest BCUT2D eigenvalue weighted by atomic mass is 9.94. The van der Waals surface area contributed by atoms with E-state index in [0.29, 0.717) is 0 Å². The second-order valence-corrected chi connectivity index (χ2v) is 14.2. The minimum Gasteiger partial charge on any atom is -0.394 e. The van der Waals surface area contributed by atoms with Crippen LogP contribution in [0, 0.1) is 0 Å². The second-order valence-electron chi connectivity index (χ2n) is 14.2. The molecule has 0 radical (unpaired) electrons. The highest BCUT2D eigenvalue weighted by Crippen LogP contribution is 2.34. The van der Waals surface area contributed by atoms with E-state index < -0.39 is 160 Å². The van der Waals surface area contributed by atoms with Gasteiger partial charge in [-0.05, 0) is 19.8 Å². The van der Waals surface area contributed by atoms with Crippen LogP contribution in [-0.4, -0.2) is 223 Å². The van der Waals surface area contributed by atoms with Crippen LogP contribution < -0.4 is 22.1 Å². The van der Waals surface area contributed by atoms with E-state index in [1.54, 1.807) is 0 Å². The fourth-order valence-corrected chi connectivity index (χ4v) is 6.90. The molecule has 4 rings (SSSR count). The number of hydrazine groups is 2. The Morgan fingerprint density at radius 2 is 0.966 bits per heavy atom. The first-order valence-electron chi connectivity index (χ1n) is 18.5. The summed E-state index contributed by atoms with van der Waals surface area (Å²) >= 11 is 0. The van der Waals surface area contributed by atoms with Crippen LogP contribution in [0.4, 0.5) is 0 Å². The van der Waals surface area contributed by atoms with Gasteiger partial charge in [0.05, 0.1) is 25.9 Å². The average molecular weight is 849 g/mol. The molecule has 0 saturated carbocycles. The van der Waals surface area contributed by atoms with E-state index in [1.807, 2.05) is 10.9 Å². The number of carbonyl (C=O) groups is 3. The molecule has 0 aliphatic carbocycles. The Kier molecular flexibility index (Phi) is 18.2. The van der Waals surface area contributed by atoms with Crippen molar-refractivity contribution in [3.63, 3.8) is 0 Å². The number of aliphatic hydroxyl groups is 11. The van der Waals surface area contributed by atoms with Gasteiger partial charge in [0.15, 0.2) is 25.0 Å². The number of nitrogens with two attached hydrogens (primary N) is 1. The molecule has 58 heavy (non-hydrogen) atoms. The number of rotatable bonds is 16. The monoisotopic (exact) mass is 848 g/mol. The highest BCUT2D eigenvalue weighted by Gasteiger charge is 2.56. The van der Waals surface area contributed by atoms with Gasteiger partial charge < -0.3 is 94.1 Å². The van der Waals surface area contributed by atoms with Crippen LogP contribution in [0.2, 0.25) is 0 Å². The number of ether oxygens (including phenoxy) is 8. The van der Waals surface area contributed by atoms with Crippen molar-refractivity contribution in [1.82, 2.24) is 16.3 Å². The SMILES string of the molecule is COC1C(O)C(CO)OC(OC2C(O)C(OC3C(O)C(CO)OC(OC4C(O)C(C)OC(CO)C4O)C3O)OC(C(=O)NNC(=O)CCCCC(=O)NN)C2O)C1O. The summed E-state index contributed by atoms with van der Waals surface area (Å²) in [5.74, 6) is 2.56. The van der Waals surface area contributed by atoms with Gasteiger partial charge in [0.1, 0.15) is 91.6 Å². The Bertz CT molecular complexity index is 1330. The Labute approximate surface area is 330 Å². The third-order valence-electron chi connectivity index (χ3n) is 10.2. The van der Waals surface area contributed by atoms with E-state index in [-0.39, 0.29) is 25.7 Å². The van der Waals surface area contributed by atoms with Gasteiger partial charge in [-0.1, -0.05) is 0 Å². The van der Waals surface area contributed by atoms with Gasteiger partial charge in [0.2, 0.25) is 11.8 Å². The predicted molar refractivity (Wildman–Crippen MR) is 182 cm³/mol. The molecule has 0 spiro atoms. The summed E-state index contributed by atoms with van der Waals surface area (Å²) in [7, 11) is 1.12. The first-order valence-corrected chi connectivity index (χ1v) is 18.5. The van der Waals surface area contributed by atoms with Gasteiger partial charge >= 0.3 is 0 Å². The van der Waals surface area contributed by atoms with Gasteiger partial charge in [0.25, 0.3) is 5.91 Å². The normalized spacial score (nSPS) is 43.3. The van der Waals surface area contributed by atoms with Crippen LogP contribution in [0.25, 0.3) is 0 Å². The van der Waals surface area contributed by atoms with Crippen molar-refractivity contribution in [3.8, 4) is 0 Å². The fraction of sp³-hybridized carbons (Fsp3) is 0.906. The maximum absolute atomic E-state index is 13.4. The van der Waals surface area contributed by atoms with Gasteiger partial charge in [-0.25, -0.2) is 5.84 Å². The molecule has 0 aromatic rings. The van der Waals surface area contributed by atoms with Crippen molar-refractivity contribution >= 4 is 17.7 Å². The first kappa shape index (κ1) is 48.3. The lowest BCUT2D eigenvalue weighted by Crippen LogP contribution is -2.69. The number of hydrogen-bond acceptors (Lipinski definition) is 23. The highest BCUT2D eigenvalue weighted by molar-refractivity contribution is 5.85. The smallest absolute Gasteiger partial charge is 0.270 e. The number of nitrogens with one attached hydrogen (secondary N) is 3. The molecule has 0 aromatic heterocycles. The van der Waals surface area contributed by atoms with Crippen LogP contribution >= 0.6 is 0 Å². The second kappa shape index (κ2) is 21.9. The first-order chi connectivity index (χ1) is 27.5. The molecule has 20 atom stereocenters. The van der Waals surface area contributed by atoms with E-state index in [1.165, 1.54) is 6.92 Å². The summed E-state index contributed by atoms with van der Waals surface area (Å²) in [6, 6.07) is 0. The number of amides is 3. The molecule has 20 unspecified atom stereocenters. The van der Waals surface area contributed by atoms with Crippen LogP contribution in [0.1, 0.15) is 32.6 Å². The zero-order chi connectivity index (χ0) is 43.0. The summed E-state index contributed by atoms with van der Waals surface area (Å²) in [6.07, 6.45) is -35.0. The largest absolute Gasteiger partial charge is 0.394 e. The Balaban J connectivity index is 1.57. The Morgan fingerprint density at radius 1 is 0.552 bits per heavy atom. The van der Waals surface area contributed by atoms with Crippen molar-refractivity contribution in [2.24, 2.45) is 5.84 Å². The number of carbonyl (C=O) groups excluding carboxylic acids is 3. The highest BCUT2D eigenvalue weighted by atomic mass is 16.8. The summed E-state index contributed by atoms with van der Waals surface area (Å²) < 4.78 is 44.3. The lowest BCUT2D eigenvalue weighted by molar-refractivity contribution is -0.383. The quantitative estimate of drug-likeness (QED) is 0.0297. The number of methoxy groups -OCH3 is 1. The molecule has 0 bridgehead atoms. The molecular weight excluding hydrogens is 792 g/mol. The third-order valence-corrected chi connectivity index (χ3v) is 10.2. The maximum atomic E-state index is 13.4. The zero-order valence-corrected chi connectivity index (χ0v) is 31.5. The summed E-state index contributed by atoms with van der Waals surface area (Å²) in [4.78, 5) is 37.2. The van der Waals surface area contributed by atoms with Gasteiger partial charge in [-0.15, -0.1) is 0 Å². The van der Waals surface area contributed by atoms with Gasteiger partial charge in [-0.3, -0.25) is 30.7 Å². The van der Waals surface area contributed by atoms with Crippen molar-refractivity contribution < 1.29 is 108 Å². The Morgan fingerprint density at radius 3 is 1.45 bits per heavy atom. The van der Waals surface area contributed by atoms with Gasteiger partial charge in [-0.2, -0.15) is 0 Å². The standard InChI is InChI=1S/C32H56N4O22/c1-10-16(42)25(18(44)11(7-37)52-10)55-31-22(48)26(19(45)13(9-39)54-31)56-32-23(49)27(57-30-21(47)24(51-2)17(43)12(8-38)53-30)20(46)28(58-32)29(50)36-35-15(41)6-4-3-5-14(40)34-33/h10-13,16-28,30-32,37-39,42-49H,3-9,33H2,1-2H3,(H,34,40)(H,35,41)(H,36,50). The van der Waals surface area contributed by atoms with E-state index in [4.69, 9.17) is 43.7 Å². The topological polar surface area (TPSA) is 410 Å². The molecule has 4 aliphatic rings. The van der Waals surface area contributed by atoms with E-state index in [2.05, 4.69) is 5.43 Å². The van der Waals surface area contributed by atoms with Crippen LogP contribution in [0.3, 0.4) is 0 Å². The van der Waals surface area contributed by atoms with E-state index in [0.717, 1.165) is 7.11 Å². The fourth-order valence-electron chi connectivity index (χ4n) is 6.90. The van der Waals surface area contributed by atoms with E-state index >= 15 is 0 Å². The zero-order valence-electron chi connectivity index (χ0n) is 31.5. The molecule has 4 heterocycles. The molecule has 4 aliphatic heterocycles. The third kappa shape index (κ3) is 11.1. The molecule has 26 nitrogen and oxygen atoms in total. The lowest BCUT2D eigenvalue weighted by Gasteiger charge is -2.49. The molecule has 16 N–H and O–H groups in total. The molecule has 3 amide bonds. The van der Waals surface area contributed by atoms with Crippen LogP contribution in [-0.2, 0) is 52.3 Å². The van der Waals surface area contributed by atoms with Crippen LogP contribution in [0.5, 0.6) is 0 Å². The number of unbranched alkanes of at least 4 members (excludes halogenated alkanes) is 1. The Hall–Kier alpha value is -2.39. The molecule has 4 fully saturated rings. The number of hydrogen-bond donors (Lipinski definition) is 15. The van der Waals surface area contributed by atoms with Crippen molar-refractivity contribution in [1.29, 1.82) is 0 Å². The van der Waals surface area contributed by atoms with Crippen molar-refractivity contribution in [2.75, 3.05) is 26.9 Å². The predicted octanol–water partition coefficient (Wildman–Crippen LogP) is -9.32. The van der Waals surface area contributed by atoms with Crippen molar-refractivity contribution in [3.05, 3.63) is 0 Å². The maximum Gasteiger partial charge on any atom is 0.270 e. The minimum atomic E-state index is -2.20. The van der Waals surface area contributed by atoms with Crippen LogP contribution in [0.15, 0.2) is 0 Å². The molecule has 0 aromatic carbocycles.